The van der Waals surface area contributed by atoms with Crippen LogP contribution in [0.5, 0.6) is 5.75 Å². The quantitative estimate of drug-likeness (QED) is 0.294. The summed E-state index contributed by atoms with van der Waals surface area (Å²) >= 11 is 0. The van der Waals surface area contributed by atoms with Crippen molar-refractivity contribution in [1.82, 2.24) is 14.1 Å². The fourth-order valence-corrected chi connectivity index (χ4v) is 3.56. The standard InChI is InChI=1S/C21H16N4O6/c1-23-19-16(20(28)24(2)21(23)29)15(11-6-5-7-12(10-11)25(30)31)17(22-19)18(27)13-8-3-4-9-14(13)26/h3-10,22,26H,1-2H3. The first-order chi connectivity index (χ1) is 14.7. The second kappa shape index (κ2) is 7.10. The molecule has 0 aliphatic carbocycles. The topological polar surface area (TPSA) is 140 Å². The van der Waals surface area contributed by atoms with Gasteiger partial charge in [-0.1, -0.05) is 24.3 Å². The van der Waals surface area contributed by atoms with Gasteiger partial charge in [-0.3, -0.25) is 28.8 Å². The van der Waals surface area contributed by atoms with Gasteiger partial charge in [0.1, 0.15) is 11.4 Å². The second-order valence-corrected chi connectivity index (χ2v) is 6.96. The molecular weight excluding hydrogens is 404 g/mol. The predicted molar refractivity (Wildman–Crippen MR) is 112 cm³/mol. The van der Waals surface area contributed by atoms with E-state index < -0.39 is 22.0 Å². The molecule has 10 nitrogen and oxygen atoms in total. The number of nitro groups is 1. The minimum absolute atomic E-state index is 0.0254. The summed E-state index contributed by atoms with van der Waals surface area (Å²) in [5.41, 5.74) is -1.14. The number of nitrogens with zero attached hydrogens (tertiary/aromatic N) is 3. The van der Waals surface area contributed by atoms with Crippen LogP contribution in [0.2, 0.25) is 0 Å². The van der Waals surface area contributed by atoms with Crippen LogP contribution in [-0.2, 0) is 14.1 Å². The average Bonchev–Trinajstić information content (AvgIpc) is 3.17. The largest absolute Gasteiger partial charge is 0.507 e. The van der Waals surface area contributed by atoms with Crippen LogP contribution in [0.4, 0.5) is 5.69 Å². The minimum atomic E-state index is -0.660. The zero-order valence-corrected chi connectivity index (χ0v) is 16.4. The number of aromatic hydroxyl groups is 1. The molecule has 31 heavy (non-hydrogen) atoms. The number of aryl methyl sites for hydroxylation is 1. The fraction of sp³-hybridized carbons (Fsp3) is 0.0952. The van der Waals surface area contributed by atoms with Crippen molar-refractivity contribution in [2.45, 2.75) is 0 Å². The number of phenols is 1. The maximum absolute atomic E-state index is 13.3. The number of rotatable bonds is 4. The van der Waals surface area contributed by atoms with Crippen molar-refractivity contribution in [3.63, 3.8) is 0 Å². The summed E-state index contributed by atoms with van der Waals surface area (Å²) in [5.74, 6) is -0.900. The van der Waals surface area contributed by atoms with Gasteiger partial charge in [-0.2, -0.15) is 0 Å². The number of para-hydroxylation sites is 1. The van der Waals surface area contributed by atoms with Gasteiger partial charge < -0.3 is 10.1 Å². The Morgan fingerprint density at radius 1 is 1.06 bits per heavy atom. The van der Waals surface area contributed by atoms with Gasteiger partial charge in [-0.15, -0.1) is 0 Å². The molecule has 10 heteroatoms. The van der Waals surface area contributed by atoms with Crippen LogP contribution in [0.1, 0.15) is 16.1 Å². The Morgan fingerprint density at radius 3 is 2.45 bits per heavy atom. The minimum Gasteiger partial charge on any atom is -0.507 e. The highest BCUT2D eigenvalue weighted by molar-refractivity contribution is 6.17. The molecule has 0 aliphatic rings. The van der Waals surface area contributed by atoms with Crippen LogP contribution >= 0.6 is 0 Å². The SMILES string of the molecule is Cn1c(=O)c2c(-c3cccc([N+](=O)[O-])c3)c(C(=O)c3ccccc3O)[nH]c2n(C)c1=O. The van der Waals surface area contributed by atoms with Crippen molar-refractivity contribution in [1.29, 1.82) is 0 Å². The van der Waals surface area contributed by atoms with E-state index in [1.807, 2.05) is 0 Å². The van der Waals surface area contributed by atoms with Gasteiger partial charge in [0.15, 0.2) is 0 Å². The predicted octanol–water partition coefficient (Wildman–Crippen LogP) is 2.08. The zero-order chi connectivity index (χ0) is 22.4. The van der Waals surface area contributed by atoms with Crippen LogP contribution in [0.3, 0.4) is 0 Å². The third-order valence-electron chi connectivity index (χ3n) is 5.13. The van der Waals surface area contributed by atoms with E-state index in [0.29, 0.717) is 0 Å². The summed E-state index contributed by atoms with van der Waals surface area (Å²) in [6, 6.07) is 11.4. The summed E-state index contributed by atoms with van der Waals surface area (Å²) in [4.78, 5) is 52.2. The van der Waals surface area contributed by atoms with Crippen LogP contribution in [0.15, 0.2) is 58.1 Å². The van der Waals surface area contributed by atoms with Crippen molar-refractivity contribution >= 4 is 22.5 Å². The molecule has 0 unspecified atom stereocenters. The van der Waals surface area contributed by atoms with E-state index in [4.69, 9.17) is 0 Å². The molecule has 0 amide bonds. The molecule has 0 radical (unpaired) electrons. The molecule has 156 valence electrons. The lowest BCUT2D eigenvalue weighted by atomic mass is 9.97. The van der Waals surface area contributed by atoms with E-state index in [1.165, 1.54) is 55.1 Å². The van der Waals surface area contributed by atoms with E-state index in [2.05, 4.69) is 4.98 Å². The highest BCUT2D eigenvalue weighted by atomic mass is 16.6. The summed E-state index contributed by atoms with van der Waals surface area (Å²) < 4.78 is 2.07. The van der Waals surface area contributed by atoms with E-state index in [0.717, 1.165) is 4.57 Å². The number of non-ortho nitro benzene ring substituents is 1. The Balaban J connectivity index is 2.16. The van der Waals surface area contributed by atoms with Gasteiger partial charge in [0.05, 0.1) is 21.6 Å². The molecule has 2 N–H and O–H groups in total. The van der Waals surface area contributed by atoms with Crippen molar-refractivity contribution < 1.29 is 14.8 Å². The molecule has 4 aromatic rings. The first-order valence-electron chi connectivity index (χ1n) is 9.11. The maximum Gasteiger partial charge on any atom is 0.332 e. The molecule has 0 bridgehead atoms. The van der Waals surface area contributed by atoms with Crippen LogP contribution in [-0.4, -0.2) is 29.9 Å². The van der Waals surface area contributed by atoms with Crippen LogP contribution < -0.4 is 11.2 Å². The average molecular weight is 420 g/mol. The monoisotopic (exact) mass is 420 g/mol. The van der Waals surface area contributed by atoms with Crippen LogP contribution in [0, 0.1) is 10.1 Å². The van der Waals surface area contributed by atoms with Crippen molar-refractivity contribution in [2.75, 3.05) is 0 Å². The van der Waals surface area contributed by atoms with Gasteiger partial charge in [-0.05, 0) is 17.7 Å². The molecular formula is C21H16N4O6. The Hall–Kier alpha value is -4.47. The van der Waals surface area contributed by atoms with E-state index in [-0.39, 0.29) is 44.9 Å². The number of aromatic nitrogens is 3. The normalized spacial score (nSPS) is 11.0. The lowest BCUT2D eigenvalue weighted by Gasteiger charge is -2.07. The maximum atomic E-state index is 13.3. The highest BCUT2D eigenvalue weighted by Crippen LogP contribution is 2.34. The number of H-pyrrole nitrogens is 1. The molecule has 0 saturated heterocycles. The van der Waals surface area contributed by atoms with Crippen molar-refractivity contribution in [3.8, 4) is 16.9 Å². The lowest BCUT2D eigenvalue weighted by Crippen LogP contribution is -2.36. The number of ketones is 1. The number of nitrogens with one attached hydrogen (secondary N) is 1. The molecule has 0 aliphatic heterocycles. The molecule has 0 fully saturated rings. The van der Waals surface area contributed by atoms with Gasteiger partial charge in [0.2, 0.25) is 5.78 Å². The molecule has 0 spiro atoms. The molecule has 4 rings (SSSR count). The number of phenolic OH excluding ortho intramolecular Hbond substituents is 1. The number of benzene rings is 2. The van der Waals surface area contributed by atoms with Crippen molar-refractivity contribution in [2.24, 2.45) is 14.1 Å². The van der Waals surface area contributed by atoms with E-state index in [1.54, 1.807) is 12.1 Å². The molecule has 2 heterocycles. The molecule has 0 atom stereocenters. The lowest BCUT2D eigenvalue weighted by molar-refractivity contribution is -0.384. The summed E-state index contributed by atoms with van der Waals surface area (Å²) in [6.45, 7) is 0. The Bertz CT molecular complexity index is 1510. The Labute approximate surface area is 173 Å². The first kappa shape index (κ1) is 19.8. The number of carbonyl (C=O) groups excluding carboxylic acids is 1. The van der Waals surface area contributed by atoms with Gasteiger partial charge in [0.25, 0.3) is 11.2 Å². The van der Waals surface area contributed by atoms with Crippen LogP contribution in [0.25, 0.3) is 22.2 Å². The Kier molecular flexibility index (Phi) is 4.54. The number of nitro benzene ring substituents is 1. The summed E-state index contributed by atoms with van der Waals surface area (Å²) in [5, 5.41) is 21.5. The smallest absolute Gasteiger partial charge is 0.332 e. The van der Waals surface area contributed by atoms with Crippen molar-refractivity contribution in [3.05, 3.63) is 90.7 Å². The third kappa shape index (κ3) is 3.01. The molecule has 2 aromatic heterocycles. The highest BCUT2D eigenvalue weighted by Gasteiger charge is 2.27. The zero-order valence-electron chi connectivity index (χ0n) is 16.4. The third-order valence-corrected chi connectivity index (χ3v) is 5.13. The molecule has 0 saturated carbocycles. The number of hydrogen-bond acceptors (Lipinski definition) is 6. The van der Waals surface area contributed by atoms with Gasteiger partial charge >= 0.3 is 5.69 Å². The summed E-state index contributed by atoms with van der Waals surface area (Å²) in [6.07, 6.45) is 0. The number of fused-ring (bicyclic) bond motifs is 1. The fourth-order valence-electron chi connectivity index (χ4n) is 3.56. The van der Waals surface area contributed by atoms with E-state index >= 15 is 0 Å². The summed E-state index contributed by atoms with van der Waals surface area (Å²) in [7, 11) is 2.74. The van der Waals surface area contributed by atoms with Gasteiger partial charge in [0, 0.05) is 31.8 Å². The number of aromatic amines is 1. The van der Waals surface area contributed by atoms with E-state index in [9.17, 15) is 29.6 Å². The Morgan fingerprint density at radius 2 is 1.77 bits per heavy atom. The molecule has 2 aromatic carbocycles. The first-order valence-corrected chi connectivity index (χ1v) is 9.11. The second-order valence-electron chi connectivity index (χ2n) is 6.96. The number of carbonyl (C=O) groups is 1. The van der Waals surface area contributed by atoms with Gasteiger partial charge in [-0.25, -0.2) is 4.79 Å². The number of hydrogen-bond donors (Lipinski definition) is 2.